The first kappa shape index (κ1) is 17.4. The molecule has 1 N–H and O–H groups in total. The van der Waals surface area contributed by atoms with Crippen molar-refractivity contribution in [1.82, 2.24) is 10.2 Å². The number of hydrogen-bond donors (Lipinski definition) is 1. The highest BCUT2D eigenvalue weighted by molar-refractivity contribution is 5.94. The first-order valence-electron chi connectivity index (χ1n) is 7.71. The van der Waals surface area contributed by atoms with Crippen LogP contribution in [0.5, 0.6) is 0 Å². The number of nitrogens with zero attached hydrogens (tertiary/aromatic N) is 1. The Morgan fingerprint density at radius 1 is 1.26 bits per heavy atom. The Kier molecular flexibility index (Phi) is 6.12. The van der Waals surface area contributed by atoms with Crippen molar-refractivity contribution in [2.75, 3.05) is 27.4 Å². The van der Waals surface area contributed by atoms with Crippen LogP contribution < -0.4 is 5.32 Å². The van der Waals surface area contributed by atoms with E-state index in [2.05, 4.69) is 5.32 Å². The van der Waals surface area contributed by atoms with Gasteiger partial charge in [0, 0.05) is 39.8 Å². The summed E-state index contributed by atoms with van der Waals surface area (Å²) < 4.78 is 10.6. The van der Waals surface area contributed by atoms with Crippen LogP contribution in [-0.2, 0) is 20.8 Å². The van der Waals surface area contributed by atoms with E-state index in [1.54, 1.807) is 26.4 Å². The van der Waals surface area contributed by atoms with Gasteiger partial charge in [0.2, 0.25) is 5.91 Å². The average molecular weight is 320 g/mol. The van der Waals surface area contributed by atoms with Crippen LogP contribution in [0.4, 0.5) is 0 Å². The molecule has 0 aliphatic carbocycles. The van der Waals surface area contributed by atoms with Crippen LogP contribution in [0.15, 0.2) is 24.3 Å². The number of methoxy groups -OCH3 is 2. The van der Waals surface area contributed by atoms with Crippen LogP contribution in [0.1, 0.15) is 29.3 Å². The summed E-state index contributed by atoms with van der Waals surface area (Å²) >= 11 is 0. The zero-order chi connectivity index (χ0) is 16.8. The smallest absolute Gasteiger partial charge is 0.254 e. The zero-order valence-corrected chi connectivity index (χ0v) is 13.9. The fraction of sp³-hybridized carbons (Fsp3) is 0.529. The van der Waals surface area contributed by atoms with Crippen molar-refractivity contribution < 1.29 is 19.1 Å². The van der Waals surface area contributed by atoms with Crippen molar-refractivity contribution in [1.29, 1.82) is 0 Å². The SMILES string of the molecule is COC[C@@H]1C[C@H](OC)CN1C(=O)c1ccc(CNC(C)=O)cc1. The predicted molar refractivity (Wildman–Crippen MR) is 86.1 cm³/mol. The summed E-state index contributed by atoms with van der Waals surface area (Å²) in [4.78, 5) is 25.5. The van der Waals surface area contributed by atoms with Gasteiger partial charge in [-0.1, -0.05) is 12.1 Å². The van der Waals surface area contributed by atoms with Gasteiger partial charge in [0.05, 0.1) is 18.8 Å². The van der Waals surface area contributed by atoms with Gasteiger partial charge < -0.3 is 19.7 Å². The number of benzene rings is 1. The van der Waals surface area contributed by atoms with Crippen LogP contribution in [0.2, 0.25) is 0 Å². The minimum Gasteiger partial charge on any atom is -0.383 e. The summed E-state index contributed by atoms with van der Waals surface area (Å²) in [5.41, 5.74) is 1.59. The van der Waals surface area contributed by atoms with E-state index in [1.165, 1.54) is 6.92 Å². The van der Waals surface area contributed by atoms with Gasteiger partial charge >= 0.3 is 0 Å². The molecule has 2 atom stereocenters. The molecule has 6 heteroatoms. The van der Waals surface area contributed by atoms with Gasteiger partial charge in [-0.2, -0.15) is 0 Å². The van der Waals surface area contributed by atoms with Crippen molar-refractivity contribution >= 4 is 11.8 Å². The topological polar surface area (TPSA) is 67.9 Å². The first-order valence-corrected chi connectivity index (χ1v) is 7.71. The molecule has 1 aromatic rings. The van der Waals surface area contributed by atoms with Gasteiger partial charge in [-0.25, -0.2) is 0 Å². The summed E-state index contributed by atoms with van der Waals surface area (Å²) in [6, 6.07) is 7.35. The number of carbonyl (C=O) groups is 2. The summed E-state index contributed by atoms with van der Waals surface area (Å²) in [6.07, 6.45) is 0.842. The minimum absolute atomic E-state index is 0.0160. The van der Waals surface area contributed by atoms with Crippen LogP contribution in [0.25, 0.3) is 0 Å². The number of nitrogens with one attached hydrogen (secondary N) is 1. The third-order valence-corrected chi connectivity index (χ3v) is 4.07. The Bertz CT molecular complexity index is 544. The molecule has 1 aliphatic rings. The van der Waals surface area contributed by atoms with E-state index in [0.717, 1.165) is 12.0 Å². The zero-order valence-electron chi connectivity index (χ0n) is 13.9. The van der Waals surface area contributed by atoms with E-state index in [9.17, 15) is 9.59 Å². The predicted octanol–water partition coefficient (Wildman–Crippen LogP) is 1.20. The number of likely N-dealkylation sites (tertiary alicyclic amines) is 1. The normalized spacial score (nSPS) is 20.6. The van der Waals surface area contributed by atoms with Crippen LogP contribution in [-0.4, -0.2) is 56.2 Å². The van der Waals surface area contributed by atoms with Crippen LogP contribution in [0, 0.1) is 0 Å². The lowest BCUT2D eigenvalue weighted by molar-refractivity contribution is -0.119. The highest BCUT2D eigenvalue weighted by atomic mass is 16.5. The Morgan fingerprint density at radius 2 is 1.96 bits per heavy atom. The van der Waals surface area contributed by atoms with Gasteiger partial charge in [0.25, 0.3) is 5.91 Å². The number of amides is 2. The lowest BCUT2D eigenvalue weighted by Crippen LogP contribution is -2.38. The molecule has 1 fully saturated rings. The Balaban J connectivity index is 2.05. The molecule has 23 heavy (non-hydrogen) atoms. The highest BCUT2D eigenvalue weighted by Gasteiger charge is 2.35. The second-order valence-corrected chi connectivity index (χ2v) is 5.77. The van der Waals surface area contributed by atoms with Crippen LogP contribution in [0.3, 0.4) is 0 Å². The van der Waals surface area contributed by atoms with Crippen molar-refractivity contribution in [3.63, 3.8) is 0 Å². The monoisotopic (exact) mass is 320 g/mol. The molecule has 0 unspecified atom stereocenters. The van der Waals surface area contributed by atoms with E-state index in [0.29, 0.717) is 25.3 Å². The first-order chi connectivity index (χ1) is 11.0. The second-order valence-electron chi connectivity index (χ2n) is 5.77. The van der Waals surface area contributed by atoms with Crippen molar-refractivity contribution in [2.24, 2.45) is 0 Å². The fourth-order valence-electron chi connectivity index (χ4n) is 2.80. The quantitative estimate of drug-likeness (QED) is 0.855. The Morgan fingerprint density at radius 3 is 2.52 bits per heavy atom. The molecule has 1 aromatic carbocycles. The summed E-state index contributed by atoms with van der Waals surface area (Å²) in [6.45, 7) is 3.03. The number of hydrogen-bond acceptors (Lipinski definition) is 4. The molecular formula is C17H24N2O4. The maximum atomic E-state index is 12.7. The van der Waals surface area contributed by atoms with Gasteiger partial charge in [-0.05, 0) is 24.1 Å². The lowest BCUT2D eigenvalue weighted by Gasteiger charge is -2.24. The van der Waals surface area contributed by atoms with Crippen molar-refractivity contribution in [3.8, 4) is 0 Å². The fourth-order valence-corrected chi connectivity index (χ4v) is 2.80. The average Bonchev–Trinajstić information content (AvgIpc) is 2.96. The largest absolute Gasteiger partial charge is 0.383 e. The minimum atomic E-state index is -0.0739. The summed E-state index contributed by atoms with van der Waals surface area (Å²) in [5, 5.41) is 2.74. The van der Waals surface area contributed by atoms with Crippen molar-refractivity contribution in [3.05, 3.63) is 35.4 Å². The molecule has 1 saturated heterocycles. The lowest BCUT2D eigenvalue weighted by atomic mass is 10.1. The van der Waals surface area contributed by atoms with E-state index in [4.69, 9.17) is 9.47 Å². The Labute approximate surface area is 136 Å². The summed E-state index contributed by atoms with van der Waals surface area (Å²) in [7, 11) is 3.30. The van der Waals surface area contributed by atoms with Crippen LogP contribution >= 0.6 is 0 Å². The third kappa shape index (κ3) is 4.53. The molecule has 126 valence electrons. The molecule has 0 aromatic heterocycles. The van der Waals surface area contributed by atoms with Crippen molar-refractivity contribution in [2.45, 2.75) is 32.0 Å². The molecule has 2 amide bonds. The van der Waals surface area contributed by atoms with Gasteiger partial charge in [0.15, 0.2) is 0 Å². The molecular weight excluding hydrogens is 296 g/mol. The summed E-state index contributed by atoms with van der Waals surface area (Å²) in [5.74, 6) is -0.0899. The van der Waals surface area contributed by atoms with Gasteiger partial charge in [0.1, 0.15) is 0 Å². The standard InChI is InChI=1S/C17H24N2O4/c1-12(20)18-9-13-4-6-14(7-5-13)17(21)19-10-16(23-3)8-15(19)11-22-2/h4-7,15-16H,8-11H2,1-3H3,(H,18,20)/t15-,16-/m0/s1. The Hall–Kier alpha value is -1.92. The number of ether oxygens (including phenoxy) is 2. The maximum Gasteiger partial charge on any atom is 0.254 e. The third-order valence-electron chi connectivity index (χ3n) is 4.07. The van der Waals surface area contributed by atoms with E-state index in [1.807, 2.05) is 17.0 Å². The van der Waals surface area contributed by atoms with Gasteiger partial charge in [-0.3, -0.25) is 9.59 Å². The van der Waals surface area contributed by atoms with E-state index in [-0.39, 0.29) is 24.0 Å². The maximum absolute atomic E-state index is 12.7. The molecule has 6 nitrogen and oxygen atoms in total. The second kappa shape index (κ2) is 8.08. The van der Waals surface area contributed by atoms with E-state index >= 15 is 0 Å². The van der Waals surface area contributed by atoms with E-state index < -0.39 is 0 Å². The highest BCUT2D eigenvalue weighted by Crippen LogP contribution is 2.22. The molecule has 0 saturated carbocycles. The number of rotatable bonds is 6. The molecule has 0 spiro atoms. The molecule has 2 rings (SSSR count). The van der Waals surface area contributed by atoms with Gasteiger partial charge in [-0.15, -0.1) is 0 Å². The molecule has 0 bridgehead atoms. The molecule has 1 heterocycles. The number of carbonyl (C=O) groups excluding carboxylic acids is 2. The molecule has 0 radical (unpaired) electrons. The molecule has 1 aliphatic heterocycles.